The highest BCUT2D eigenvalue weighted by Gasteiger charge is 2.27. The van der Waals surface area contributed by atoms with Crippen molar-refractivity contribution in [1.82, 2.24) is 9.80 Å². The molecule has 1 saturated heterocycles. The molecule has 0 aromatic carbocycles. The number of nitrogens with zero attached hydrogens (tertiary/aromatic N) is 2. The van der Waals surface area contributed by atoms with Crippen molar-refractivity contribution in [2.75, 3.05) is 20.1 Å². The fourth-order valence-electron chi connectivity index (χ4n) is 1.28. The van der Waals surface area contributed by atoms with Gasteiger partial charge in [-0.25, -0.2) is 4.79 Å². The average molecular weight is 296 g/mol. The summed E-state index contributed by atoms with van der Waals surface area (Å²) in [5.41, 5.74) is 0. The second kappa shape index (κ2) is 4.48. The maximum atomic E-state index is 11.7. The Hall–Kier alpha value is 0. The molecular weight excluding hydrogens is 279 g/mol. The van der Waals surface area contributed by atoms with Gasteiger partial charge in [0.25, 0.3) is 0 Å². The fourth-order valence-corrected chi connectivity index (χ4v) is 1.52. The maximum Gasteiger partial charge on any atom is 0.320 e. The normalized spacial score (nSPS) is 18.4. The minimum atomic E-state index is 0.180. The van der Waals surface area contributed by atoms with E-state index >= 15 is 0 Å². The zero-order valence-corrected chi connectivity index (χ0v) is 10.6. The number of hydrogen-bond donors (Lipinski definition) is 0. The van der Waals surface area contributed by atoms with Gasteiger partial charge in [-0.05, 0) is 12.3 Å². The molecule has 1 aliphatic heterocycles. The van der Waals surface area contributed by atoms with Crippen LogP contribution in [0.25, 0.3) is 0 Å². The summed E-state index contributed by atoms with van der Waals surface area (Å²) in [6.07, 6.45) is 1.16. The van der Waals surface area contributed by atoms with Crippen LogP contribution in [0.5, 0.6) is 0 Å². The smallest absolute Gasteiger partial charge is 0.320 e. The highest BCUT2D eigenvalue weighted by molar-refractivity contribution is 14.1. The number of carbonyl (C=O) groups excluding carboxylic acids is 1. The van der Waals surface area contributed by atoms with Crippen LogP contribution < -0.4 is 0 Å². The predicted octanol–water partition coefficient (Wildman–Crippen LogP) is 2.16. The van der Waals surface area contributed by atoms with Crippen LogP contribution in [0.3, 0.4) is 0 Å². The Kier molecular flexibility index (Phi) is 3.82. The molecule has 76 valence electrons. The molecular formula is C9H17IN2O. The van der Waals surface area contributed by atoms with Gasteiger partial charge in [0.15, 0.2) is 0 Å². The number of urea groups is 1. The van der Waals surface area contributed by atoms with Crippen LogP contribution in [0.1, 0.15) is 20.3 Å². The van der Waals surface area contributed by atoms with E-state index in [0.717, 1.165) is 19.5 Å². The second-order valence-electron chi connectivity index (χ2n) is 3.85. The molecule has 0 saturated carbocycles. The highest BCUT2D eigenvalue weighted by Crippen LogP contribution is 2.19. The molecule has 0 aromatic heterocycles. The molecule has 0 radical (unpaired) electrons. The Morgan fingerprint density at radius 2 is 2.00 bits per heavy atom. The lowest BCUT2D eigenvalue weighted by Gasteiger charge is -2.37. The topological polar surface area (TPSA) is 23.6 Å². The number of amides is 2. The van der Waals surface area contributed by atoms with Crippen molar-refractivity contribution >= 4 is 28.6 Å². The van der Waals surface area contributed by atoms with E-state index in [1.54, 1.807) is 0 Å². The van der Waals surface area contributed by atoms with Crippen molar-refractivity contribution in [3.8, 4) is 0 Å². The summed E-state index contributed by atoms with van der Waals surface area (Å²) < 4.78 is 0.297. The van der Waals surface area contributed by atoms with E-state index in [4.69, 9.17) is 0 Å². The third kappa shape index (κ3) is 2.48. The van der Waals surface area contributed by atoms with E-state index in [2.05, 4.69) is 36.4 Å². The summed E-state index contributed by atoms with van der Waals surface area (Å²) in [5, 5.41) is 0. The van der Waals surface area contributed by atoms with Gasteiger partial charge < -0.3 is 9.80 Å². The van der Waals surface area contributed by atoms with Crippen LogP contribution in [0.2, 0.25) is 0 Å². The van der Waals surface area contributed by atoms with Gasteiger partial charge in [-0.1, -0.05) is 36.4 Å². The van der Waals surface area contributed by atoms with Crippen LogP contribution in [-0.2, 0) is 0 Å². The van der Waals surface area contributed by atoms with Crippen molar-refractivity contribution in [3.05, 3.63) is 0 Å². The van der Waals surface area contributed by atoms with Gasteiger partial charge in [0.2, 0.25) is 0 Å². The van der Waals surface area contributed by atoms with Crippen LogP contribution in [-0.4, -0.2) is 40.0 Å². The Labute approximate surface area is 93.6 Å². The Morgan fingerprint density at radius 3 is 2.31 bits per heavy atom. The van der Waals surface area contributed by atoms with Crippen LogP contribution >= 0.6 is 22.6 Å². The van der Waals surface area contributed by atoms with E-state index in [0.29, 0.717) is 9.97 Å². The van der Waals surface area contributed by atoms with Gasteiger partial charge in [-0.3, -0.25) is 0 Å². The Morgan fingerprint density at radius 1 is 1.46 bits per heavy atom. The lowest BCUT2D eigenvalue weighted by atomic mass is 10.2. The van der Waals surface area contributed by atoms with Crippen molar-refractivity contribution in [1.29, 1.82) is 0 Å². The lowest BCUT2D eigenvalue weighted by Crippen LogP contribution is -2.51. The first-order valence-corrected chi connectivity index (χ1v) is 5.94. The van der Waals surface area contributed by atoms with E-state index in [9.17, 15) is 4.79 Å². The SMILES string of the molecule is CC(C)[C@H](I)N(C)C(=O)N1CCC1. The fraction of sp³-hybridized carbons (Fsp3) is 0.889. The quantitative estimate of drug-likeness (QED) is 0.435. The number of likely N-dealkylation sites (tertiary alicyclic amines) is 1. The van der Waals surface area contributed by atoms with Gasteiger partial charge in [0, 0.05) is 20.1 Å². The van der Waals surface area contributed by atoms with Gasteiger partial charge in [0.05, 0.1) is 4.05 Å². The number of hydrogen-bond acceptors (Lipinski definition) is 1. The summed E-state index contributed by atoms with van der Waals surface area (Å²) in [6, 6.07) is 0.180. The largest absolute Gasteiger partial charge is 0.325 e. The summed E-state index contributed by atoms with van der Waals surface area (Å²) in [4.78, 5) is 15.5. The standard InChI is InChI=1S/C9H17IN2O/c1-7(2)8(10)11(3)9(13)12-5-4-6-12/h7-8H,4-6H2,1-3H3/t8-/m1/s1. The van der Waals surface area contributed by atoms with Gasteiger partial charge in [0.1, 0.15) is 0 Å². The summed E-state index contributed by atoms with van der Waals surface area (Å²) in [7, 11) is 1.89. The summed E-state index contributed by atoms with van der Waals surface area (Å²) >= 11 is 2.32. The van der Waals surface area contributed by atoms with E-state index < -0.39 is 0 Å². The van der Waals surface area contributed by atoms with Crippen molar-refractivity contribution in [3.63, 3.8) is 0 Å². The summed E-state index contributed by atoms with van der Waals surface area (Å²) in [6.45, 7) is 6.14. The first kappa shape index (κ1) is 11.1. The highest BCUT2D eigenvalue weighted by atomic mass is 127. The van der Waals surface area contributed by atoms with Crippen LogP contribution in [0, 0.1) is 5.92 Å². The molecule has 0 unspecified atom stereocenters. The number of carbonyl (C=O) groups is 1. The molecule has 1 fully saturated rings. The van der Waals surface area contributed by atoms with Crippen LogP contribution in [0.4, 0.5) is 4.79 Å². The minimum absolute atomic E-state index is 0.180. The molecule has 0 N–H and O–H groups in total. The second-order valence-corrected chi connectivity index (χ2v) is 5.13. The zero-order valence-electron chi connectivity index (χ0n) is 8.46. The maximum absolute atomic E-state index is 11.7. The molecule has 1 aliphatic rings. The lowest BCUT2D eigenvalue weighted by molar-refractivity contribution is 0.129. The molecule has 1 atom stereocenters. The number of halogens is 1. The molecule has 2 amide bonds. The van der Waals surface area contributed by atoms with E-state index in [1.807, 2.05) is 16.8 Å². The van der Waals surface area contributed by atoms with Gasteiger partial charge in [-0.15, -0.1) is 0 Å². The molecule has 0 spiro atoms. The molecule has 1 rings (SSSR count). The molecule has 4 heteroatoms. The molecule has 0 bridgehead atoms. The first-order valence-electron chi connectivity index (χ1n) is 4.70. The molecule has 0 aromatic rings. The first-order chi connectivity index (χ1) is 6.04. The predicted molar refractivity (Wildman–Crippen MR) is 62.0 cm³/mol. The minimum Gasteiger partial charge on any atom is -0.325 e. The zero-order chi connectivity index (χ0) is 10.0. The Balaban J connectivity index is 2.45. The third-order valence-electron chi connectivity index (χ3n) is 2.35. The van der Waals surface area contributed by atoms with Gasteiger partial charge >= 0.3 is 6.03 Å². The van der Waals surface area contributed by atoms with E-state index in [-0.39, 0.29) is 6.03 Å². The van der Waals surface area contributed by atoms with E-state index in [1.165, 1.54) is 0 Å². The van der Waals surface area contributed by atoms with Crippen molar-refractivity contribution < 1.29 is 4.79 Å². The number of rotatable bonds is 2. The average Bonchev–Trinajstić information content (AvgIpc) is 1.98. The molecule has 0 aliphatic carbocycles. The van der Waals surface area contributed by atoms with Crippen LogP contribution in [0.15, 0.2) is 0 Å². The summed E-state index contributed by atoms with van der Waals surface area (Å²) in [5.74, 6) is 0.510. The molecule has 1 heterocycles. The van der Waals surface area contributed by atoms with Crippen molar-refractivity contribution in [2.24, 2.45) is 5.92 Å². The monoisotopic (exact) mass is 296 g/mol. The number of alkyl halides is 1. The van der Waals surface area contributed by atoms with Crippen molar-refractivity contribution in [2.45, 2.75) is 24.3 Å². The third-order valence-corrected chi connectivity index (χ3v) is 4.62. The molecule has 3 nitrogen and oxygen atoms in total. The Bertz CT molecular complexity index is 192. The molecule has 13 heavy (non-hydrogen) atoms. The van der Waals surface area contributed by atoms with Gasteiger partial charge in [-0.2, -0.15) is 0 Å².